The number of nitrogens with one attached hydrogen (secondary N) is 1. The first kappa shape index (κ1) is 25.9. The smallest absolute Gasteiger partial charge is 0.407 e. The van der Waals surface area contributed by atoms with E-state index in [4.69, 9.17) is 9.16 Å². The summed E-state index contributed by atoms with van der Waals surface area (Å²) in [5.74, 6) is -1.06. The fourth-order valence-electron chi connectivity index (χ4n) is 2.53. The van der Waals surface area contributed by atoms with Crippen LogP contribution in [0.3, 0.4) is 0 Å². The third-order valence-corrected chi connectivity index (χ3v) is 9.54. The summed E-state index contributed by atoms with van der Waals surface area (Å²) in [6.45, 7) is 15.9. The van der Waals surface area contributed by atoms with E-state index in [0.29, 0.717) is 6.42 Å². The molecule has 0 aliphatic heterocycles. The number of rotatable bonds is 8. The Hall–Kier alpha value is -2.12. The van der Waals surface area contributed by atoms with Crippen molar-refractivity contribution in [2.75, 3.05) is 0 Å². The van der Waals surface area contributed by atoms with Crippen LogP contribution in [0.25, 0.3) is 0 Å². The topological polar surface area (TPSA) is 84.9 Å². The highest BCUT2D eigenvalue weighted by molar-refractivity contribution is 6.74. The number of carboxylic acids is 1. The highest BCUT2D eigenvalue weighted by Crippen LogP contribution is 2.38. The third-order valence-electron chi connectivity index (χ3n) is 5.06. The zero-order chi connectivity index (χ0) is 23.2. The number of alkyl carbamates (subject to hydrolysis) is 1. The molecule has 7 heteroatoms. The molecule has 0 aromatic heterocycles. The molecular weight excluding hydrogens is 398 g/mol. The highest BCUT2D eigenvalue weighted by atomic mass is 28.4. The van der Waals surface area contributed by atoms with E-state index in [9.17, 15) is 14.7 Å². The summed E-state index contributed by atoms with van der Waals surface area (Å²) < 4.78 is 12.0. The Morgan fingerprint density at radius 1 is 1.10 bits per heavy atom. The number of carbonyl (C=O) groups is 2. The molecule has 2 N–H and O–H groups in total. The van der Waals surface area contributed by atoms with E-state index in [0.717, 1.165) is 11.6 Å². The van der Waals surface area contributed by atoms with Crippen molar-refractivity contribution in [3.8, 4) is 0 Å². The van der Waals surface area contributed by atoms with Crippen molar-refractivity contribution in [3.63, 3.8) is 0 Å². The van der Waals surface area contributed by atoms with Gasteiger partial charge in [0.15, 0.2) is 8.32 Å². The van der Waals surface area contributed by atoms with Gasteiger partial charge in [0.2, 0.25) is 0 Å². The Bertz CT molecular complexity index is 732. The van der Waals surface area contributed by atoms with Crippen molar-refractivity contribution < 1.29 is 23.9 Å². The quantitative estimate of drug-likeness (QED) is 0.435. The molecule has 6 nitrogen and oxygen atoms in total. The lowest BCUT2D eigenvalue weighted by molar-refractivity contribution is -0.131. The fourth-order valence-corrected chi connectivity index (χ4v) is 3.80. The molecule has 2 unspecified atom stereocenters. The molecule has 0 bridgehead atoms. The molecular formula is C23H37NO5Si. The summed E-state index contributed by atoms with van der Waals surface area (Å²) in [5, 5.41) is 12.0. The Kier molecular flexibility index (Phi) is 8.86. The Balaban J connectivity index is 3.27. The second-order valence-corrected chi connectivity index (χ2v) is 14.7. The second-order valence-electron chi connectivity index (χ2n) is 9.98. The molecule has 1 rings (SSSR count). The van der Waals surface area contributed by atoms with Crippen molar-refractivity contribution in [1.82, 2.24) is 5.32 Å². The molecule has 1 amide bonds. The van der Waals surface area contributed by atoms with Gasteiger partial charge in [0.05, 0.1) is 12.1 Å². The first-order valence-corrected chi connectivity index (χ1v) is 13.1. The van der Waals surface area contributed by atoms with E-state index in [1.165, 1.54) is 6.08 Å². The molecule has 168 valence electrons. The van der Waals surface area contributed by atoms with Gasteiger partial charge < -0.3 is 19.6 Å². The second kappa shape index (κ2) is 10.3. The molecule has 0 aliphatic rings. The van der Waals surface area contributed by atoms with Crippen LogP contribution in [0.2, 0.25) is 18.1 Å². The summed E-state index contributed by atoms with van der Waals surface area (Å²) in [5.41, 5.74) is 0.361. The van der Waals surface area contributed by atoms with E-state index in [1.807, 2.05) is 30.3 Å². The van der Waals surface area contributed by atoms with Crippen LogP contribution in [0.4, 0.5) is 4.79 Å². The summed E-state index contributed by atoms with van der Waals surface area (Å²) in [6, 6.07) is 9.22. The number of ether oxygens (including phenoxy) is 1. The van der Waals surface area contributed by atoms with Crippen molar-refractivity contribution in [1.29, 1.82) is 0 Å². The van der Waals surface area contributed by atoms with Gasteiger partial charge in [-0.3, -0.25) is 0 Å². The molecule has 2 atom stereocenters. The predicted octanol–water partition coefficient (Wildman–Crippen LogP) is 5.15. The lowest BCUT2D eigenvalue weighted by Crippen LogP contribution is -2.52. The van der Waals surface area contributed by atoms with E-state index < -0.39 is 38.1 Å². The summed E-state index contributed by atoms with van der Waals surface area (Å²) in [7, 11) is -2.25. The molecule has 0 saturated carbocycles. The van der Waals surface area contributed by atoms with Gasteiger partial charge in [-0.05, 0) is 57.0 Å². The molecule has 0 spiro atoms. The van der Waals surface area contributed by atoms with Gasteiger partial charge in [0, 0.05) is 6.08 Å². The molecule has 1 aromatic rings. The zero-order valence-electron chi connectivity index (χ0n) is 19.5. The van der Waals surface area contributed by atoms with Crippen LogP contribution in [-0.4, -0.2) is 43.2 Å². The van der Waals surface area contributed by atoms with Crippen molar-refractivity contribution in [2.24, 2.45) is 0 Å². The number of amides is 1. The van der Waals surface area contributed by atoms with E-state index in [-0.39, 0.29) is 5.04 Å². The molecule has 1 aromatic carbocycles. The standard InChI is InChI=1S/C23H37NO5Si/c1-22(2,3)28-21(27)24-18(16-17-12-10-9-11-13-17)19(14-15-20(25)26)29-30(7,8)23(4,5)6/h9-15,18-19H,16H2,1-8H3,(H,24,27)(H,25,26). The average Bonchev–Trinajstić information content (AvgIpc) is 2.56. The maximum atomic E-state index is 12.5. The first-order valence-electron chi connectivity index (χ1n) is 10.2. The van der Waals surface area contributed by atoms with Crippen LogP contribution in [0.5, 0.6) is 0 Å². The van der Waals surface area contributed by atoms with Gasteiger partial charge in [-0.1, -0.05) is 51.1 Å². The lowest BCUT2D eigenvalue weighted by atomic mass is 10.0. The van der Waals surface area contributed by atoms with Crippen molar-refractivity contribution in [3.05, 3.63) is 48.0 Å². The predicted molar refractivity (Wildman–Crippen MR) is 122 cm³/mol. The zero-order valence-corrected chi connectivity index (χ0v) is 20.5. The number of aliphatic carboxylic acids is 1. The number of benzene rings is 1. The van der Waals surface area contributed by atoms with Gasteiger partial charge in [-0.2, -0.15) is 0 Å². The minimum absolute atomic E-state index is 0.0778. The maximum absolute atomic E-state index is 12.5. The van der Waals surface area contributed by atoms with Crippen LogP contribution in [0.1, 0.15) is 47.1 Å². The summed E-state index contributed by atoms with van der Waals surface area (Å²) in [6.07, 6.45) is 1.90. The van der Waals surface area contributed by atoms with Crippen LogP contribution < -0.4 is 5.32 Å². The number of hydrogen-bond acceptors (Lipinski definition) is 4. The molecule has 0 fully saturated rings. The summed E-state index contributed by atoms with van der Waals surface area (Å²) >= 11 is 0. The fraction of sp³-hybridized carbons (Fsp3) is 0.565. The van der Waals surface area contributed by atoms with Crippen LogP contribution in [0.15, 0.2) is 42.5 Å². The maximum Gasteiger partial charge on any atom is 0.407 e. The highest BCUT2D eigenvalue weighted by Gasteiger charge is 2.40. The number of carboxylic acid groups (broad SMARTS) is 1. The van der Waals surface area contributed by atoms with Gasteiger partial charge in [-0.15, -0.1) is 0 Å². The van der Waals surface area contributed by atoms with E-state index >= 15 is 0 Å². The first-order chi connectivity index (χ1) is 13.6. The number of carbonyl (C=O) groups excluding carboxylic acids is 1. The van der Waals surface area contributed by atoms with Crippen molar-refractivity contribution in [2.45, 2.75) is 83.8 Å². The Labute approximate surface area is 181 Å². The average molecular weight is 436 g/mol. The monoisotopic (exact) mass is 435 g/mol. The molecule has 0 radical (unpaired) electrons. The largest absolute Gasteiger partial charge is 0.478 e. The van der Waals surface area contributed by atoms with Crippen molar-refractivity contribution >= 4 is 20.4 Å². The Morgan fingerprint density at radius 2 is 1.67 bits per heavy atom. The van der Waals surface area contributed by atoms with Gasteiger partial charge in [0.25, 0.3) is 0 Å². The third kappa shape index (κ3) is 9.13. The molecule has 0 heterocycles. The van der Waals surface area contributed by atoms with Gasteiger partial charge >= 0.3 is 12.1 Å². The molecule has 30 heavy (non-hydrogen) atoms. The minimum Gasteiger partial charge on any atom is -0.478 e. The molecule has 0 saturated heterocycles. The van der Waals surface area contributed by atoms with Crippen LogP contribution >= 0.6 is 0 Å². The normalized spacial score (nSPS) is 14.9. The van der Waals surface area contributed by atoms with E-state index in [1.54, 1.807) is 20.8 Å². The minimum atomic E-state index is -2.25. The number of hydrogen-bond donors (Lipinski definition) is 2. The molecule has 0 aliphatic carbocycles. The SMILES string of the molecule is CC(C)(C)OC(=O)NC(Cc1ccccc1)C(C=CC(=O)O)O[Si](C)(C)C(C)(C)C. The van der Waals surface area contributed by atoms with E-state index in [2.05, 4.69) is 39.2 Å². The van der Waals surface area contributed by atoms with Gasteiger partial charge in [-0.25, -0.2) is 9.59 Å². The summed E-state index contributed by atoms with van der Waals surface area (Å²) in [4.78, 5) is 23.8. The van der Waals surface area contributed by atoms with Crippen LogP contribution in [0, 0.1) is 0 Å². The lowest BCUT2D eigenvalue weighted by Gasteiger charge is -2.40. The Morgan fingerprint density at radius 3 is 2.13 bits per heavy atom. The van der Waals surface area contributed by atoms with Gasteiger partial charge in [0.1, 0.15) is 5.60 Å². The van der Waals surface area contributed by atoms with Crippen LogP contribution in [-0.2, 0) is 20.4 Å².